The van der Waals surface area contributed by atoms with Crippen molar-refractivity contribution in [1.82, 2.24) is 0 Å². The Balaban J connectivity index is 3.04. The quantitative estimate of drug-likeness (QED) is 0.493. The molecule has 0 unspecified atom stereocenters. The zero-order valence-corrected chi connectivity index (χ0v) is 4.33. The maximum absolute atomic E-state index is 8.16. The zero-order valence-electron chi connectivity index (χ0n) is 3.51. The van der Waals surface area contributed by atoms with Gasteiger partial charge in [-0.2, -0.15) is 5.26 Å². The Bertz CT molecular complexity index is 170. The first-order chi connectivity index (χ1) is 3.43. The molecule has 0 N–H and O–H groups in total. The van der Waals surface area contributed by atoms with Crippen LogP contribution in [0, 0.1) is 16.7 Å². The standard InChI is InChI=1S/C5H2NS/c6-3-5-1-2-7-4-5/h1,4H. The van der Waals surface area contributed by atoms with E-state index in [1.807, 2.05) is 6.07 Å². The van der Waals surface area contributed by atoms with Gasteiger partial charge in [0.15, 0.2) is 0 Å². The maximum atomic E-state index is 8.16. The highest BCUT2D eigenvalue weighted by molar-refractivity contribution is 7.07. The molecule has 0 aromatic carbocycles. The second kappa shape index (κ2) is 1.76. The lowest BCUT2D eigenvalue weighted by Gasteiger charge is -1.62. The van der Waals surface area contributed by atoms with Crippen molar-refractivity contribution in [1.29, 1.82) is 5.26 Å². The van der Waals surface area contributed by atoms with Gasteiger partial charge in [-0.15, -0.1) is 11.3 Å². The summed E-state index contributed by atoms with van der Waals surface area (Å²) in [6.45, 7) is 0. The van der Waals surface area contributed by atoms with Gasteiger partial charge in [0.25, 0.3) is 0 Å². The van der Waals surface area contributed by atoms with Crippen LogP contribution >= 0.6 is 11.3 Å². The van der Waals surface area contributed by atoms with Crippen LogP contribution in [0.2, 0.25) is 0 Å². The van der Waals surface area contributed by atoms with E-state index < -0.39 is 0 Å². The molecule has 1 aromatic heterocycles. The molecule has 1 rings (SSSR count). The summed E-state index contributed by atoms with van der Waals surface area (Å²) in [6, 6.07) is 3.66. The maximum Gasteiger partial charge on any atom is 0.100 e. The third-order valence-corrected chi connectivity index (χ3v) is 1.22. The first-order valence-electron chi connectivity index (χ1n) is 1.78. The van der Waals surface area contributed by atoms with Crippen LogP contribution in [0.3, 0.4) is 0 Å². The van der Waals surface area contributed by atoms with Crippen molar-refractivity contribution < 1.29 is 0 Å². The number of hydrogen-bond donors (Lipinski definition) is 0. The van der Waals surface area contributed by atoms with Crippen molar-refractivity contribution in [2.45, 2.75) is 0 Å². The normalized spacial score (nSPS) is 7.86. The Hall–Kier alpha value is -0.810. The lowest BCUT2D eigenvalue weighted by atomic mass is 10.4. The summed E-state index contributed by atoms with van der Waals surface area (Å²) < 4.78 is 0. The number of rotatable bonds is 0. The summed E-state index contributed by atoms with van der Waals surface area (Å²) in [4.78, 5) is 0. The van der Waals surface area contributed by atoms with E-state index in [1.54, 1.807) is 11.4 Å². The molecule has 1 radical (unpaired) electrons. The lowest BCUT2D eigenvalue weighted by molar-refractivity contribution is 1.51. The van der Waals surface area contributed by atoms with Crippen molar-refractivity contribution >= 4 is 11.3 Å². The molecule has 0 amide bonds. The molecule has 0 spiro atoms. The van der Waals surface area contributed by atoms with Crippen LogP contribution in [0.15, 0.2) is 11.4 Å². The van der Waals surface area contributed by atoms with E-state index in [2.05, 4.69) is 5.38 Å². The predicted octanol–water partition coefficient (Wildman–Crippen LogP) is 1.42. The second-order valence-electron chi connectivity index (χ2n) is 1.07. The number of nitrogens with zero attached hydrogens (tertiary/aromatic N) is 1. The molecule has 7 heavy (non-hydrogen) atoms. The summed E-state index contributed by atoms with van der Waals surface area (Å²) in [6.07, 6.45) is 0. The minimum atomic E-state index is 0.699. The third-order valence-electron chi connectivity index (χ3n) is 0.597. The van der Waals surface area contributed by atoms with Gasteiger partial charge < -0.3 is 0 Å². The Morgan fingerprint density at radius 1 is 1.86 bits per heavy atom. The van der Waals surface area contributed by atoms with Gasteiger partial charge in [0.05, 0.1) is 5.56 Å². The topological polar surface area (TPSA) is 23.8 Å². The van der Waals surface area contributed by atoms with Crippen LogP contribution in [0.5, 0.6) is 0 Å². The van der Waals surface area contributed by atoms with Gasteiger partial charge in [0.2, 0.25) is 0 Å². The van der Waals surface area contributed by atoms with Crippen molar-refractivity contribution in [3.05, 3.63) is 22.4 Å². The average Bonchev–Trinajstić information content (AvgIpc) is 2.14. The van der Waals surface area contributed by atoms with Crippen LogP contribution < -0.4 is 0 Å². The molecule has 0 atom stereocenters. The molecule has 0 aliphatic carbocycles. The first kappa shape index (κ1) is 4.35. The van der Waals surface area contributed by atoms with Gasteiger partial charge in [-0.3, -0.25) is 0 Å². The van der Waals surface area contributed by atoms with Gasteiger partial charge in [0.1, 0.15) is 6.07 Å². The summed E-state index contributed by atoms with van der Waals surface area (Å²) >= 11 is 1.42. The fourth-order valence-corrected chi connectivity index (χ4v) is 0.798. The second-order valence-corrected chi connectivity index (χ2v) is 1.77. The van der Waals surface area contributed by atoms with Crippen LogP contribution in [0.1, 0.15) is 5.56 Å². The summed E-state index contributed by atoms with van der Waals surface area (Å²) in [7, 11) is 0. The lowest BCUT2D eigenvalue weighted by Crippen LogP contribution is -1.54. The minimum Gasteiger partial charge on any atom is -0.192 e. The molecule has 0 bridgehead atoms. The van der Waals surface area contributed by atoms with Gasteiger partial charge in [-0.1, -0.05) is 0 Å². The Labute approximate surface area is 45.8 Å². The summed E-state index contributed by atoms with van der Waals surface area (Å²) in [5, 5.41) is 12.7. The van der Waals surface area contributed by atoms with E-state index in [9.17, 15) is 0 Å². The highest BCUT2D eigenvalue weighted by Crippen LogP contribution is 2.01. The molecule has 1 nitrogen and oxygen atoms in total. The van der Waals surface area contributed by atoms with Gasteiger partial charge >= 0.3 is 0 Å². The van der Waals surface area contributed by atoms with Crippen molar-refractivity contribution in [2.24, 2.45) is 0 Å². The average molecular weight is 108 g/mol. The summed E-state index contributed by atoms with van der Waals surface area (Å²) in [5.74, 6) is 0. The molecule has 1 aromatic rings. The predicted molar refractivity (Wildman–Crippen MR) is 27.9 cm³/mol. The SMILES string of the molecule is N#Cc1c[c]sc1. The van der Waals surface area contributed by atoms with Crippen LogP contribution in [-0.2, 0) is 0 Å². The molecular weight excluding hydrogens is 106 g/mol. The third kappa shape index (κ3) is 0.787. The largest absolute Gasteiger partial charge is 0.192 e. The number of nitriles is 1. The highest BCUT2D eigenvalue weighted by Gasteiger charge is 1.82. The van der Waals surface area contributed by atoms with E-state index in [4.69, 9.17) is 5.26 Å². The highest BCUT2D eigenvalue weighted by atomic mass is 32.1. The molecule has 33 valence electrons. The van der Waals surface area contributed by atoms with Crippen molar-refractivity contribution in [3.63, 3.8) is 0 Å². The van der Waals surface area contributed by atoms with Crippen molar-refractivity contribution in [3.8, 4) is 6.07 Å². The smallest absolute Gasteiger partial charge is 0.100 e. The van der Waals surface area contributed by atoms with Gasteiger partial charge in [0, 0.05) is 10.8 Å². The van der Waals surface area contributed by atoms with E-state index >= 15 is 0 Å². The Morgan fingerprint density at radius 3 is 3.00 bits per heavy atom. The molecule has 2 heteroatoms. The molecular formula is C5H2NS. The van der Waals surface area contributed by atoms with Crippen LogP contribution in [0.25, 0.3) is 0 Å². The van der Waals surface area contributed by atoms with E-state index in [-0.39, 0.29) is 0 Å². The van der Waals surface area contributed by atoms with Crippen LogP contribution in [-0.4, -0.2) is 0 Å². The van der Waals surface area contributed by atoms with Crippen LogP contribution in [0.4, 0.5) is 0 Å². The first-order valence-corrected chi connectivity index (χ1v) is 2.66. The fraction of sp³-hybridized carbons (Fsp3) is 0. The Morgan fingerprint density at radius 2 is 2.71 bits per heavy atom. The number of thiophene rings is 1. The van der Waals surface area contributed by atoms with Crippen molar-refractivity contribution in [2.75, 3.05) is 0 Å². The monoisotopic (exact) mass is 108 g/mol. The van der Waals surface area contributed by atoms with E-state index in [0.717, 1.165) is 0 Å². The molecule has 1 heterocycles. The molecule has 0 saturated heterocycles. The minimum absolute atomic E-state index is 0.699. The van der Waals surface area contributed by atoms with E-state index in [0.29, 0.717) is 5.56 Å². The Kier molecular flexibility index (Phi) is 1.10. The fourth-order valence-electron chi connectivity index (χ4n) is 0.288. The van der Waals surface area contributed by atoms with E-state index in [1.165, 1.54) is 11.3 Å². The molecule has 0 saturated carbocycles. The van der Waals surface area contributed by atoms with Gasteiger partial charge in [-0.25, -0.2) is 0 Å². The molecule has 0 fully saturated rings. The molecule has 0 aliphatic rings. The number of hydrogen-bond acceptors (Lipinski definition) is 2. The zero-order chi connectivity index (χ0) is 5.11. The van der Waals surface area contributed by atoms with Gasteiger partial charge in [-0.05, 0) is 6.07 Å². The molecule has 0 aliphatic heterocycles. The summed E-state index contributed by atoms with van der Waals surface area (Å²) in [5.41, 5.74) is 0.699.